The maximum Gasteiger partial charge on any atom is 0.269 e. The zero-order chi connectivity index (χ0) is 24.9. The smallest absolute Gasteiger partial charge is 0.269 e. The van der Waals surface area contributed by atoms with Crippen LogP contribution in [0.3, 0.4) is 0 Å². The summed E-state index contributed by atoms with van der Waals surface area (Å²) in [6.45, 7) is 1.95. The third kappa shape index (κ3) is 5.33. The summed E-state index contributed by atoms with van der Waals surface area (Å²) in [5.41, 5.74) is 3.22. The van der Waals surface area contributed by atoms with Crippen molar-refractivity contribution in [1.82, 2.24) is 5.32 Å². The van der Waals surface area contributed by atoms with Gasteiger partial charge < -0.3 is 10.2 Å². The molecule has 8 nitrogen and oxygen atoms in total. The number of nitro groups is 1. The van der Waals surface area contributed by atoms with Crippen LogP contribution in [-0.4, -0.2) is 36.6 Å². The Hall–Kier alpha value is -3.91. The average Bonchev–Trinajstić information content (AvgIpc) is 3.37. The number of hydrogen-bond donors (Lipinski definition) is 1. The van der Waals surface area contributed by atoms with Crippen molar-refractivity contribution in [3.63, 3.8) is 0 Å². The fraction of sp³-hybridized carbons (Fsp3) is 0.321. The van der Waals surface area contributed by atoms with E-state index in [0.29, 0.717) is 6.54 Å². The molecule has 1 amide bonds. The molecule has 3 aromatic carbocycles. The first-order valence-electron chi connectivity index (χ1n) is 12.4. The number of nitrogens with one attached hydrogen (secondary N) is 1. The van der Waals surface area contributed by atoms with E-state index in [4.69, 9.17) is 4.84 Å². The van der Waals surface area contributed by atoms with E-state index in [1.165, 1.54) is 17.7 Å². The highest BCUT2D eigenvalue weighted by Crippen LogP contribution is 2.37. The van der Waals surface area contributed by atoms with E-state index in [2.05, 4.69) is 22.3 Å². The summed E-state index contributed by atoms with van der Waals surface area (Å²) >= 11 is 0. The molecule has 0 radical (unpaired) electrons. The summed E-state index contributed by atoms with van der Waals surface area (Å²) < 4.78 is 0. The van der Waals surface area contributed by atoms with Crippen LogP contribution in [0.1, 0.15) is 30.9 Å². The van der Waals surface area contributed by atoms with E-state index in [-0.39, 0.29) is 29.7 Å². The van der Waals surface area contributed by atoms with Crippen molar-refractivity contribution in [3.05, 3.63) is 101 Å². The van der Waals surface area contributed by atoms with Gasteiger partial charge in [-0.25, -0.2) is 5.06 Å². The Morgan fingerprint density at radius 3 is 2.19 bits per heavy atom. The molecule has 2 aliphatic rings. The number of carbonyl (C=O) groups excluding carboxylic acids is 1. The largest absolute Gasteiger partial charge is 0.371 e. The predicted octanol–water partition coefficient (Wildman–Crippen LogP) is 4.88. The lowest BCUT2D eigenvalue weighted by atomic mass is 9.95. The van der Waals surface area contributed by atoms with E-state index in [9.17, 15) is 14.9 Å². The van der Waals surface area contributed by atoms with Gasteiger partial charge in [0.1, 0.15) is 6.10 Å². The van der Waals surface area contributed by atoms with Crippen LogP contribution in [0.25, 0.3) is 0 Å². The maximum atomic E-state index is 12.9. The molecule has 0 unspecified atom stereocenters. The van der Waals surface area contributed by atoms with Gasteiger partial charge in [-0.15, -0.1) is 0 Å². The number of piperidine rings is 1. The molecule has 3 aromatic rings. The molecule has 5 rings (SSSR count). The molecular weight excluding hydrogens is 456 g/mol. The maximum absolute atomic E-state index is 12.9. The van der Waals surface area contributed by atoms with Gasteiger partial charge >= 0.3 is 0 Å². The summed E-state index contributed by atoms with van der Waals surface area (Å²) in [6.07, 6.45) is 2.17. The van der Waals surface area contributed by atoms with Crippen LogP contribution in [0.5, 0.6) is 0 Å². The monoisotopic (exact) mass is 486 g/mol. The lowest BCUT2D eigenvalue weighted by molar-refractivity contribution is -0.384. The van der Waals surface area contributed by atoms with Crippen LogP contribution in [-0.2, 0) is 9.63 Å². The molecule has 0 saturated carbocycles. The molecule has 0 spiro atoms. The van der Waals surface area contributed by atoms with Gasteiger partial charge in [0.05, 0.1) is 16.7 Å². The molecule has 2 atom stereocenters. The van der Waals surface area contributed by atoms with E-state index < -0.39 is 4.92 Å². The Kier molecular flexibility index (Phi) is 7.13. The van der Waals surface area contributed by atoms with Crippen LogP contribution < -0.4 is 15.3 Å². The minimum Gasteiger partial charge on any atom is -0.371 e. The molecule has 2 fully saturated rings. The van der Waals surface area contributed by atoms with Gasteiger partial charge in [0.2, 0.25) is 5.91 Å². The highest BCUT2D eigenvalue weighted by Gasteiger charge is 2.35. The van der Waals surface area contributed by atoms with Crippen molar-refractivity contribution in [3.8, 4) is 0 Å². The number of hydrogen-bond acceptors (Lipinski definition) is 6. The quantitative estimate of drug-likeness (QED) is 0.378. The normalized spacial score (nSPS) is 20.3. The van der Waals surface area contributed by atoms with Gasteiger partial charge in [0.15, 0.2) is 0 Å². The van der Waals surface area contributed by atoms with Gasteiger partial charge in [-0.1, -0.05) is 48.5 Å². The number of nitro benzene ring substituents is 1. The first kappa shape index (κ1) is 23.8. The van der Waals surface area contributed by atoms with Crippen molar-refractivity contribution < 1.29 is 14.6 Å². The second-order valence-corrected chi connectivity index (χ2v) is 9.33. The standard InChI is InChI=1S/C28H30N4O4/c33-28(22-15-17-30(18-16-22)23-11-13-25(14-12-23)32(34)35)29-20-26-19-27(21-7-3-1-4-8-21)31(36-26)24-9-5-2-6-10-24/h1-14,22,26-27H,15-20H2,(H,29,33)/t26-,27-/m1/s1. The third-order valence-electron chi connectivity index (χ3n) is 7.02. The summed E-state index contributed by atoms with van der Waals surface area (Å²) in [5, 5.41) is 16.0. The van der Waals surface area contributed by atoms with Crippen LogP contribution in [0.2, 0.25) is 0 Å². The Morgan fingerprint density at radius 1 is 0.917 bits per heavy atom. The number of non-ortho nitro benzene ring substituents is 1. The SMILES string of the molecule is O=C(NC[C@H]1C[C@H](c2ccccc2)N(c2ccccc2)O1)C1CCN(c2ccc([N+](=O)[O-])cc2)CC1. The molecule has 2 heterocycles. The van der Waals surface area contributed by atoms with Gasteiger partial charge in [0, 0.05) is 49.8 Å². The first-order chi connectivity index (χ1) is 17.6. The second kappa shape index (κ2) is 10.8. The number of para-hydroxylation sites is 1. The number of carbonyl (C=O) groups is 1. The molecule has 186 valence electrons. The van der Waals surface area contributed by atoms with Gasteiger partial charge in [0.25, 0.3) is 5.69 Å². The van der Waals surface area contributed by atoms with Crippen molar-refractivity contribution in [2.24, 2.45) is 5.92 Å². The molecule has 2 aliphatic heterocycles. The van der Waals surface area contributed by atoms with Crippen LogP contribution >= 0.6 is 0 Å². The Bertz CT molecular complexity index is 1120. The minimum atomic E-state index is -0.393. The van der Waals surface area contributed by atoms with E-state index in [0.717, 1.165) is 43.7 Å². The Balaban J connectivity index is 1.15. The summed E-state index contributed by atoms with van der Waals surface area (Å²) in [6, 6.07) is 27.1. The number of anilines is 2. The lowest BCUT2D eigenvalue weighted by Crippen LogP contribution is -2.42. The summed E-state index contributed by atoms with van der Waals surface area (Å²) in [7, 11) is 0. The zero-order valence-corrected chi connectivity index (χ0v) is 20.0. The fourth-order valence-electron chi connectivity index (χ4n) is 5.05. The molecule has 0 bridgehead atoms. The second-order valence-electron chi connectivity index (χ2n) is 9.33. The van der Waals surface area contributed by atoms with E-state index in [1.54, 1.807) is 12.1 Å². The molecule has 2 saturated heterocycles. The molecule has 36 heavy (non-hydrogen) atoms. The number of rotatable bonds is 7. The lowest BCUT2D eigenvalue weighted by Gasteiger charge is -2.33. The number of amides is 1. The minimum absolute atomic E-state index is 0.0455. The van der Waals surface area contributed by atoms with Gasteiger partial charge in [-0.3, -0.25) is 19.7 Å². The Labute approximate surface area is 210 Å². The molecule has 1 N–H and O–H groups in total. The average molecular weight is 487 g/mol. The van der Waals surface area contributed by atoms with Crippen molar-refractivity contribution in [2.45, 2.75) is 31.4 Å². The van der Waals surface area contributed by atoms with Crippen LogP contribution in [0, 0.1) is 16.0 Å². The van der Waals surface area contributed by atoms with Crippen molar-refractivity contribution in [2.75, 3.05) is 29.6 Å². The first-order valence-corrected chi connectivity index (χ1v) is 12.4. The van der Waals surface area contributed by atoms with Crippen LogP contribution in [0.15, 0.2) is 84.9 Å². The molecular formula is C28H30N4O4. The topological polar surface area (TPSA) is 88.0 Å². The summed E-state index contributed by atoms with van der Waals surface area (Å²) in [4.78, 5) is 31.9. The number of hydroxylamine groups is 1. The predicted molar refractivity (Wildman–Crippen MR) is 139 cm³/mol. The van der Waals surface area contributed by atoms with Gasteiger partial charge in [-0.2, -0.15) is 0 Å². The Morgan fingerprint density at radius 2 is 1.56 bits per heavy atom. The van der Waals surface area contributed by atoms with Crippen LogP contribution in [0.4, 0.5) is 17.1 Å². The molecule has 0 aliphatic carbocycles. The highest BCUT2D eigenvalue weighted by atomic mass is 16.7. The zero-order valence-electron chi connectivity index (χ0n) is 20.0. The molecule has 0 aromatic heterocycles. The van der Waals surface area contributed by atoms with Gasteiger partial charge in [-0.05, 0) is 42.7 Å². The molecule has 8 heteroatoms. The highest BCUT2D eigenvalue weighted by molar-refractivity contribution is 5.79. The van der Waals surface area contributed by atoms with Crippen molar-refractivity contribution in [1.29, 1.82) is 0 Å². The number of nitrogens with zero attached hydrogens (tertiary/aromatic N) is 3. The third-order valence-corrected chi connectivity index (χ3v) is 7.02. The van der Waals surface area contributed by atoms with Crippen molar-refractivity contribution >= 4 is 23.0 Å². The summed E-state index contributed by atoms with van der Waals surface area (Å²) in [5.74, 6) is 0.0206. The van der Waals surface area contributed by atoms with E-state index in [1.807, 2.05) is 53.6 Å². The number of benzene rings is 3. The fourth-order valence-corrected chi connectivity index (χ4v) is 5.05. The van der Waals surface area contributed by atoms with E-state index >= 15 is 0 Å².